The zero-order valence-electron chi connectivity index (χ0n) is 12.9. The third kappa shape index (κ3) is 4.45. The lowest BCUT2D eigenvalue weighted by molar-refractivity contribution is -0.149. The molecule has 4 nitrogen and oxygen atoms in total. The topological polar surface area (TPSA) is 47.6 Å². The largest absolute Gasteiger partial charge is 0.466 e. The molecule has 1 N–H and O–H groups in total. The van der Waals surface area contributed by atoms with E-state index in [-0.39, 0.29) is 11.9 Å². The summed E-state index contributed by atoms with van der Waals surface area (Å²) in [5.41, 5.74) is 0. The van der Waals surface area contributed by atoms with Crippen molar-refractivity contribution in [2.75, 3.05) is 13.7 Å². The van der Waals surface area contributed by atoms with Crippen LogP contribution in [0.3, 0.4) is 0 Å². The second-order valence-corrected chi connectivity index (χ2v) is 6.18. The van der Waals surface area contributed by atoms with Gasteiger partial charge in [0.1, 0.15) is 0 Å². The number of esters is 1. The van der Waals surface area contributed by atoms with E-state index in [1.54, 1.807) is 0 Å². The number of methoxy groups -OCH3 is 1. The number of carbonyl (C=O) groups excluding carboxylic acids is 1. The molecule has 0 amide bonds. The molecule has 116 valence electrons. The predicted molar refractivity (Wildman–Crippen MR) is 78.6 cm³/mol. The molecule has 0 unspecified atom stereocenters. The maximum atomic E-state index is 11.7. The fourth-order valence-electron chi connectivity index (χ4n) is 3.55. The van der Waals surface area contributed by atoms with Gasteiger partial charge in [0.05, 0.1) is 18.6 Å². The van der Waals surface area contributed by atoms with E-state index < -0.39 is 0 Å². The Morgan fingerprint density at radius 1 is 1.00 bits per heavy atom. The van der Waals surface area contributed by atoms with Crippen molar-refractivity contribution < 1.29 is 14.3 Å². The smallest absolute Gasteiger partial charge is 0.308 e. The van der Waals surface area contributed by atoms with Crippen LogP contribution in [0, 0.1) is 5.92 Å². The number of nitrogens with one attached hydrogen (secondary N) is 1. The van der Waals surface area contributed by atoms with Gasteiger partial charge in [0.15, 0.2) is 0 Å². The van der Waals surface area contributed by atoms with Crippen molar-refractivity contribution in [3.8, 4) is 0 Å². The molecule has 0 aromatic rings. The standard InChI is InChI=1S/C16H29NO3/c1-3-20-16(18)12-4-6-13(7-5-12)17-14-8-10-15(19-2)11-9-14/h12-15,17H,3-11H2,1-2H3. The van der Waals surface area contributed by atoms with Crippen LogP contribution in [-0.2, 0) is 14.3 Å². The highest BCUT2D eigenvalue weighted by molar-refractivity contribution is 5.72. The molecule has 2 rings (SSSR count). The van der Waals surface area contributed by atoms with Crippen LogP contribution in [0.15, 0.2) is 0 Å². The summed E-state index contributed by atoms with van der Waals surface area (Å²) >= 11 is 0. The third-order valence-corrected chi connectivity index (χ3v) is 4.83. The molecule has 4 heteroatoms. The molecule has 20 heavy (non-hydrogen) atoms. The van der Waals surface area contributed by atoms with Gasteiger partial charge in [-0.1, -0.05) is 0 Å². The second-order valence-electron chi connectivity index (χ2n) is 6.18. The molecule has 2 saturated carbocycles. The summed E-state index contributed by atoms with van der Waals surface area (Å²) in [6, 6.07) is 1.23. The van der Waals surface area contributed by atoms with E-state index in [0.29, 0.717) is 24.8 Å². The molecule has 0 aromatic heterocycles. The van der Waals surface area contributed by atoms with E-state index in [1.165, 1.54) is 25.7 Å². The van der Waals surface area contributed by atoms with Gasteiger partial charge in [-0.05, 0) is 58.3 Å². The third-order valence-electron chi connectivity index (χ3n) is 4.83. The molecule has 0 aliphatic heterocycles. The second kappa shape index (κ2) is 7.99. The van der Waals surface area contributed by atoms with Gasteiger partial charge in [-0.3, -0.25) is 4.79 Å². The van der Waals surface area contributed by atoms with Gasteiger partial charge in [0, 0.05) is 19.2 Å². The minimum Gasteiger partial charge on any atom is -0.466 e. The van der Waals surface area contributed by atoms with Crippen LogP contribution in [-0.4, -0.2) is 37.9 Å². The molecule has 0 aromatic carbocycles. The normalized spacial score (nSPS) is 34.7. The van der Waals surface area contributed by atoms with Gasteiger partial charge in [-0.2, -0.15) is 0 Å². The molecule has 0 atom stereocenters. The van der Waals surface area contributed by atoms with Crippen LogP contribution in [0.5, 0.6) is 0 Å². The van der Waals surface area contributed by atoms with Crippen molar-refractivity contribution in [3.05, 3.63) is 0 Å². The maximum Gasteiger partial charge on any atom is 0.308 e. The van der Waals surface area contributed by atoms with Crippen LogP contribution < -0.4 is 5.32 Å². The molecule has 2 aliphatic carbocycles. The molecule has 0 saturated heterocycles. The number of hydrogen-bond donors (Lipinski definition) is 1. The van der Waals surface area contributed by atoms with Crippen molar-refractivity contribution in [2.24, 2.45) is 5.92 Å². The molecular weight excluding hydrogens is 254 g/mol. The molecule has 0 spiro atoms. The summed E-state index contributed by atoms with van der Waals surface area (Å²) in [6.07, 6.45) is 9.41. The molecular formula is C16H29NO3. The van der Waals surface area contributed by atoms with E-state index in [9.17, 15) is 4.79 Å². The average molecular weight is 283 g/mol. The first-order valence-electron chi connectivity index (χ1n) is 8.18. The predicted octanol–water partition coefficient (Wildman–Crippen LogP) is 2.66. The van der Waals surface area contributed by atoms with Gasteiger partial charge >= 0.3 is 5.97 Å². The molecule has 0 radical (unpaired) electrons. The van der Waals surface area contributed by atoms with Gasteiger partial charge in [-0.25, -0.2) is 0 Å². The Bertz CT molecular complexity index is 292. The number of rotatable bonds is 5. The Balaban J connectivity index is 1.66. The minimum atomic E-state index is 0.00607. The van der Waals surface area contributed by atoms with Crippen LogP contribution in [0.25, 0.3) is 0 Å². The maximum absolute atomic E-state index is 11.7. The zero-order valence-corrected chi connectivity index (χ0v) is 12.9. The summed E-state index contributed by atoms with van der Waals surface area (Å²) in [4.78, 5) is 11.7. The zero-order chi connectivity index (χ0) is 14.4. The van der Waals surface area contributed by atoms with E-state index in [2.05, 4.69) is 5.32 Å². The van der Waals surface area contributed by atoms with Gasteiger partial charge < -0.3 is 14.8 Å². The lowest BCUT2D eigenvalue weighted by Crippen LogP contribution is -2.43. The molecule has 0 bridgehead atoms. The first-order valence-corrected chi connectivity index (χ1v) is 8.18. The lowest BCUT2D eigenvalue weighted by atomic mass is 9.84. The van der Waals surface area contributed by atoms with Crippen LogP contribution in [0.1, 0.15) is 58.3 Å². The number of carbonyl (C=O) groups is 1. The summed E-state index contributed by atoms with van der Waals surface area (Å²) in [5.74, 6) is 0.142. The quantitative estimate of drug-likeness (QED) is 0.788. The first kappa shape index (κ1) is 15.8. The Morgan fingerprint density at radius 3 is 2.05 bits per heavy atom. The van der Waals surface area contributed by atoms with Gasteiger partial charge in [-0.15, -0.1) is 0 Å². The first-order chi connectivity index (χ1) is 9.72. The average Bonchev–Trinajstić information content (AvgIpc) is 2.49. The number of ether oxygens (including phenoxy) is 2. The summed E-state index contributed by atoms with van der Waals surface area (Å²) in [6.45, 7) is 2.38. The van der Waals surface area contributed by atoms with Crippen LogP contribution in [0.2, 0.25) is 0 Å². The van der Waals surface area contributed by atoms with E-state index in [0.717, 1.165) is 25.7 Å². The SMILES string of the molecule is CCOC(=O)C1CCC(NC2CCC(OC)CC2)CC1. The molecule has 2 aliphatic rings. The van der Waals surface area contributed by atoms with Crippen molar-refractivity contribution in [1.29, 1.82) is 0 Å². The summed E-state index contributed by atoms with van der Waals surface area (Å²) < 4.78 is 10.5. The Kier molecular flexibility index (Phi) is 6.30. The highest BCUT2D eigenvalue weighted by Gasteiger charge is 2.29. The van der Waals surface area contributed by atoms with Gasteiger partial charge in [0.25, 0.3) is 0 Å². The highest BCUT2D eigenvalue weighted by Crippen LogP contribution is 2.27. The van der Waals surface area contributed by atoms with E-state index in [4.69, 9.17) is 9.47 Å². The summed E-state index contributed by atoms with van der Waals surface area (Å²) in [5, 5.41) is 3.79. The fourth-order valence-corrected chi connectivity index (χ4v) is 3.55. The van der Waals surface area contributed by atoms with Crippen LogP contribution in [0.4, 0.5) is 0 Å². The van der Waals surface area contributed by atoms with Gasteiger partial charge in [0.2, 0.25) is 0 Å². The fraction of sp³-hybridized carbons (Fsp3) is 0.938. The minimum absolute atomic E-state index is 0.00607. The van der Waals surface area contributed by atoms with Crippen molar-refractivity contribution in [2.45, 2.75) is 76.5 Å². The molecule has 2 fully saturated rings. The van der Waals surface area contributed by atoms with E-state index >= 15 is 0 Å². The number of hydrogen-bond acceptors (Lipinski definition) is 4. The molecule has 0 heterocycles. The Labute approximate surface area is 122 Å². The van der Waals surface area contributed by atoms with Crippen molar-refractivity contribution in [1.82, 2.24) is 5.32 Å². The lowest BCUT2D eigenvalue weighted by Gasteiger charge is -2.34. The highest BCUT2D eigenvalue weighted by atomic mass is 16.5. The van der Waals surface area contributed by atoms with Crippen molar-refractivity contribution in [3.63, 3.8) is 0 Å². The monoisotopic (exact) mass is 283 g/mol. The Morgan fingerprint density at radius 2 is 1.55 bits per heavy atom. The van der Waals surface area contributed by atoms with Crippen molar-refractivity contribution >= 4 is 5.97 Å². The van der Waals surface area contributed by atoms with E-state index in [1.807, 2.05) is 14.0 Å². The summed E-state index contributed by atoms with van der Waals surface area (Å²) in [7, 11) is 1.81. The Hall–Kier alpha value is -0.610. The van der Waals surface area contributed by atoms with Crippen LogP contribution >= 0.6 is 0 Å².